The smallest absolute Gasteiger partial charge is 0.240 e. The maximum Gasteiger partial charge on any atom is 0.240 e. The van der Waals surface area contributed by atoms with Crippen molar-refractivity contribution in [3.63, 3.8) is 0 Å². The molecule has 112 valence electrons. The predicted octanol–water partition coefficient (Wildman–Crippen LogP) is 2.23. The molecule has 1 aliphatic carbocycles. The second kappa shape index (κ2) is 6.24. The van der Waals surface area contributed by atoms with Gasteiger partial charge in [-0.15, -0.1) is 0 Å². The molecule has 2 rings (SSSR count). The first kappa shape index (κ1) is 15.5. The van der Waals surface area contributed by atoms with Gasteiger partial charge in [-0.3, -0.25) is 0 Å². The fourth-order valence-electron chi connectivity index (χ4n) is 2.48. The van der Waals surface area contributed by atoms with Crippen LogP contribution in [0.1, 0.15) is 44.6 Å². The monoisotopic (exact) mass is 296 g/mol. The van der Waals surface area contributed by atoms with Gasteiger partial charge < -0.3 is 5.32 Å². The fourth-order valence-corrected chi connectivity index (χ4v) is 3.78. The fraction of sp³-hybridized carbons (Fsp3) is 0.600. The van der Waals surface area contributed by atoms with Gasteiger partial charge in [-0.25, -0.2) is 13.1 Å². The van der Waals surface area contributed by atoms with Gasteiger partial charge >= 0.3 is 0 Å². The minimum Gasteiger partial charge on any atom is -0.316 e. The Morgan fingerprint density at radius 1 is 1.25 bits per heavy atom. The van der Waals surface area contributed by atoms with E-state index in [0.717, 1.165) is 24.8 Å². The molecule has 0 aliphatic heterocycles. The maximum atomic E-state index is 12.1. The number of hydrogen-bond acceptors (Lipinski definition) is 3. The van der Waals surface area contributed by atoms with Crippen molar-refractivity contribution < 1.29 is 8.42 Å². The summed E-state index contributed by atoms with van der Waals surface area (Å²) in [6, 6.07) is 7.81. The lowest BCUT2D eigenvalue weighted by Gasteiger charge is -2.22. The van der Waals surface area contributed by atoms with E-state index in [1.165, 1.54) is 0 Å². The Hall–Kier alpha value is -0.910. The molecule has 0 saturated heterocycles. The molecule has 4 nitrogen and oxygen atoms in total. The molecule has 0 heterocycles. The highest BCUT2D eigenvalue weighted by atomic mass is 32.2. The third-order valence-electron chi connectivity index (χ3n) is 4.03. The van der Waals surface area contributed by atoms with E-state index in [0.29, 0.717) is 16.9 Å². The van der Waals surface area contributed by atoms with Crippen LogP contribution in [0.2, 0.25) is 0 Å². The van der Waals surface area contributed by atoms with Gasteiger partial charge in [0.1, 0.15) is 0 Å². The van der Waals surface area contributed by atoms with E-state index in [1.54, 1.807) is 12.1 Å². The van der Waals surface area contributed by atoms with Crippen molar-refractivity contribution in [3.05, 3.63) is 29.8 Å². The van der Waals surface area contributed by atoms with Crippen molar-refractivity contribution >= 4 is 10.0 Å². The van der Waals surface area contributed by atoms with Crippen LogP contribution in [0.15, 0.2) is 29.2 Å². The number of rotatable bonds is 7. The van der Waals surface area contributed by atoms with Gasteiger partial charge in [-0.1, -0.05) is 26.0 Å². The van der Waals surface area contributed by atoms with Gasteiger partial charge in [0.15, 0.2) is 0 Å². The Morgan fingerprint density at radius 3 is 2.30 bits per heavy atom. The summed E-state index contributed by atoms with van der Waals surface area (Å²) in [5.41, 5.74) is 1.16. The van der Waals surface area contributed by atoms with Crippen LogP contribution in [0.25, 0.3) is 0 Å². The number of likely N-dealkylation sites (N-methyl/N-ethyl adjacent to an activating group) is 1. The third-order valence-corrected chi connectivity index (χ3v) is 5.57. The second-order valence-corrected chi connectivity index (χ2v) is 7.27. The summed E-state index contributed by atoms with van der Waals surface area (Å²) in [6.45, 7) is 4.31. The standard InChI is InChI=1S/C15H24N2O2S/c1-4-15(16-3)11(2)12-5-9-14(10-6-12)20(18,19)17-13-7-8-13/h5-6,9-11,13,15-17H,4,7-8H2,1-3H3. The van der Waals surface area contributed by atoms with Crippen LogP contribution in [0, 0.1) is 0 Å². The van der Waals surface area contributed by atoms with Crippen molar-refractivity contribution in [3.8, 4) is 0 Å². The number of benzene rings is 1. The zero-order valence-corrected chi connectivity index (χ0v) is 13.2. The van der Waals surface area contributed by atoms with Gasteiger partial charge in [0.05, 0.1) is 4.90 Å². The Labute approximate surface area is 122 Å². The summed E-state index contributed by atoms with van der Waals surface area (Å²) in [7, 11) is -1.38. The van der Waals surface area contributed by atoms with E-state index >= 15 is 0 Å². The van der Waals surface area contributed by atoms with E-state index in [2.05, 4.69) is 23.9 Å². The Kier molecular flexibility index (Phi) is 4.83. The molecule has 0 radical (unpaired) electrons. The van der Waals surface area contributed by atoms with Crippen LogP contribution in [0.5, 0.6) is 0 Å². The van der Waals surface area contributed by atoms with Gasteiger partial charge in [-0.05, 0) is 49.9 Å². The van der Waals surface area contributed by atoms with Crippen molar-refractivity contribution in [2.24, 2.45) is 0 Å². The van der Waals surface area contributed by atoms with Gasteiger partial charge in [0.2, 0.25) is 10.0 Å². The average molecular weight is 296 g/mol. The molecule has 0 spiro atoms. The van der Waals surface area contributed by atoms with Crippen LogP contribution in [0.3, 0.4) is 0 Å². The lowest BCUT2D eigenvalue weighted by atomic mass is 9.92. The Morgan fingerprint density at radius 2 is 1.85 bits per heavy atom. The first-order chi connectivity index (χ1) is 9.47. The van der Waals surface area contributed by atoms with Gasteiger partial charge in [-0.2, -0.15) is 0 Å². The number of nitrogens with one attached hydrogen (secondary N) is 2. The first-order valence-electron chi connectivity index (χ1n) is 7.27. The molecular formula is C15H24N2O2S. The summed E-state index contributed by atoms with van der Waals surface area (Å²) >= 11 is 0. The average Bonchev–Trinajstić information content (AvgIpc) is 3.23. The molecule has 1 saturated carbocycles. The van der Waals surface area contributed by atoms with Crippen LogP contribution < -0.4 is 10.0 Å². The Bertz CT molecular complexity index is 531. The lowest BCUT2D eigenvalue weighted by Crippen LogP contribution is -2.30. The van der Waals surface area contributed by atoms with Crippen LogP contribution in [-0.2, 0) is 10.0 Å². The molecule has 0 amide bonds. The minimum atomic E-state index is -3.34. The largest absolute Gasteiger partial charge is 0.316 e. The summed E-state index contributed by atoms with van der Waals surface area (Å²) in [5.74, 6) is 0.359. The third kappa shape index (κ3) is 3.59. The molecular weight excluding hydrogens is 272 g/mol. The minimum absolute atomic E-state index is 0.146. The zero-order valence-electron chi connectivity index (χ0n) is 12.4. The maximum absolute atomic E-state index is 12.1. The topological polar surface area (TPSA) is 58.2 Å². The normalized spacial score (nSPS) is 18.8. The van der Waals surface area contributed by atoms with Crippen molar-refractivity contribution in [1.82, 2.24) is 10.0 Å². The lowest BCUT2D eigenvalue weighted by molar-refractivity contribution is 0.472. The molecule has 2 N–H and O–H groups in total. The predicted molar refractivity (Wildman–Crippen MR) is 81.3 cm³/mol. The van der Waals surface area contributed by atoms with Crippen LogP contribution in [0.4, 0.5) is 0 Å². The van der Waals surface area contributed by atoms with E-state index < -0.39 is 10.0 Å². The van der Waals surface area contributed by atoms with E-state index in [1.807, 2.05) is 19.2 Å². The zero-order chi connectivity index (χ0) is 14.8. The molecule has 1 fully saturated rings. The van der Waals surface area contributed by atoms with Crippen molar-refractivity contribution in [1.29, 1.82) is 0 Å². The molecule has 2 unspecified atom stereocenters. The van der Waals surface area contributed by atoms with Gasteiger partial charge in [0.25, 0.3) is 0 Å². The molecule has 1 aromatic rings. The van der Waals surface area contributed by atoms with Gasteiger partial charge in [0, 0.05) is 12.1 Å². The molecule has 20 heavy (non-hydrogen) atoms. The summed E-state index contributed by atoms with van der Waals surface area (Å²) in [4.78, 5) is 0.359. The Balaban J connectivity index is 2.13. The van der Waals surface area contributed by atoms with E-state index in [-0.39, 0.29) is 6.04 Å². The first-order valence-corrected chi connectivity index (χ1v) is 8.75. The quantitative estimate of drug-likeness (QED) is 0.811. The highest BCUT2D eigenvalue weighted by molar-refractivity contribution is 7.89. The van der Waals surface area contributed by atoms with Crippen LogP contribution in [-0.4, -0.2) is 27.5 Å². The van der Waals surface area contributed by atoms with Crippen molar-refractivity contribution in [2.45, 2.75) is 56.0 Å². The molecule has 0 bridgehead atoms. The number of hydrogen-bond donors (Lipinski definition) is 2. The molecule has 2 atom stereocenters. The van der Waals surface area contributed by atoms with E-state index in [4.69, 9.17) is 0 Å². The van der Waals surface area contributed by atoms with E-state index in [9.17, 15) is 8.42 Å². The number of sulfonamides is 1. The second-order valence-electron chi connectivity index (χ2n) is 5.56. The summed E-state index contributed by atoms with van der Waals surface area (Å²) in [6.07, 6.45) is 2.95. The van der Waals surface area contributed by atoms with Crippen LogP contribution >= 0.6 is 0 Å². The molecule has 5 heteroatoms. The summed E-state index contributed by atoms with van der Waals surface area (Å²) < 4.78 is 26.9. The SMILES string of the molecule is CCC(NC)C(C)c1ccc(S(=O)(=O)NC2CC2)cc1. The molecule has 1 aliphatic rings. The highest BCUT2D eigenvalue weighted by Gasteiger charge is 2.28. The molecule has 1 aromatic carbocycles. The van der Waals surface area contributed by atoms with Crippen molar-refractivity contribution in [2.75, 3.05) is 7.05 Å². The summed E-state index contributed by atoms with van der Waals surface area (Å²) in [5, 5.41) is 3.30. The highest BCUT2D eigenvalue weighted by Crippen LogP contribution is 2.25. The molecule has 0 aromatic heterocycles.